The molecule has 4 rings (SSSR count). The molecule has 0 radical (unpaired) electrons. The normalized spacial score (nSPS) is 13.5. The number of ketones is 1. The zero-order chi connectivity index (χ0) is 22.7. The number of hydrazone groups is 1. The molecule has 0 saturated carbocycles. The molecule has 0 fully saturated rings. The Balaban J connectivity index is 1.41. The molecule has 1 aliphatic heterocycles. The van der Waals surface area contributed by atoms with E-state index in [4.69, 9.17) is 4.74 Å². The number of Topliss-reactive ketones (excluding diaryl/α,β-unsaturated/α-hetero) is 1. The van der Waals surface area contributed by atoms with Gasteiger partial charge < -0.3 is 9.64 Å². The van der Waals surface area contributed by atoms with Crippen LogP contribution in [-0.4, -0.2) is 30.2 Å². The van der Waals surface area contributed by atoms with E-state index in [1.54, 1.807) is 36.2 Å². The standard InChI is InChI=1S/C24H20F3N3O2/c1-30-15-28-29-23(30)22(31)18-7-11-21(12-8-18)32-14-16-3-2-4-19(13-16)17-5-9-20(10-6-17)24(25,26)27/h2-13,28H,14-15H2,1H3. The van der Waals surface area contributed by atoms with Gasteiger partial charge in [0.2, 0.25) is 5.78 Å². The Morgan fingerprint density at radius 3 is 2.38 bits per heavy atom. The minimum atomic E-state index is -4.36. The Morgan fingerprint density at radius 2 is 1.75 bits per heavy atom. The average molecular weight is 439 g/mol. The van der Waals surface area contributed by atoms with Gasteiger partial charge in [0.15, 0.2) is 5.84 Å². The number of benzene rings is 3. The highest BCUT2D eigenvalue weighted by molar-refractivity contribution is 6.45. The molecule has 0 unspecified atom stereocenters. The molecule has 1 heterocycles. The number of hydrogen-bond acceptors (Lipinski definition) is 5. The third-order valence-electron chi connectivity index (χ3n) is 5.05. The Kier molecular flexibility index (Phi) is 5.85. The van der Waals surface area contributed by atoms with E-state index in [0.717, 1.165) is 23.3 Å². The highest BCUT2D eigenvalue weighted by Crippen LogP contribution is 2.31. The van der Waals surface area contributed by atoms with Crippen molar-refractivity contribution >= 4 is 11.6 Å². The van der Waals surface area contributed by atoms with Crippen LogP contribution in [0.4, 0.5) is 13.2 Å². The maximum Gasteiger partial charge on any atom is 0.416 e. The molecule has 8 heteroatoms. The Morgan fingerprint density at radius 1 is 1.03 bits per heavy atom. The quantitative estimate of drug-likeness (QED) is 0.553. The first-order valence-corrected chi connectivity index (χ1v) is 9.87. The first-order valence-electron chi connectivity index (χ1n) is 9.87. The molecule has 3 aromatic carbocycles. The van der Waals surface area contributed by atoms with Crippen LogP contribution >= 0.6 is 0 Å². The van der Waals surface area contributed by atoms with Crippen molar-refractivity contribution in [2.75, 3.05) is 13.7 Å². The number of rotatable bonds is 6. The second-order valence-corrected chi connectivity index (χ2v) is 7.37. The zero-order valence-electron chi connectivity index (χ0n) is 17.2. The van der Waals surface area contributed by atoms with Crippen LogP contribution in [0.5, 0.6) is 5.75 Å². The van der Waals surface area contributed by atoms with Gasteiger partial charge in [-0.3, -0.25) is 10.2 Å². The molecule has 1 aliphatic rings. The van der Waals surface area contributed by atoms with Gasteiger partial charge in [-0.2, -0.15) is 18.3 Å². The molecule has 1 N–H and O–H groups in total. The van der Waals surface area contributed by atoms with Crippen molar-refractivity contribution in [1.82, 2.24) is 10.3 Å². The van der Waals surface area contributed by atoms with Gasteiger partial charge in [0.25, 0.3) is 0 Å². The summed E-state index contributed by atoms with van der Waals surface area (Å²) in [4.78, 5) is 14.2. The Hall–Kier alpha value is -3.81. The summed E-state index contributed by atoms with van der Waals surface area (Å²) in [6, 6.07) is 19.3. The fourth-order valence-electron chi connectivity index (χ4n) is 3.29. The van der Waals surface area contributed by atoms with E-state index in [-0.39, 0.29) is 12.4 Å². The van der Waals surface area contributed by atoms with Crippen molar-refractivity contribution in [3.8, 4) is 16.9 Å². The van der Waals surface area contributed by atoms with E-state index in [1.807, 2.05) is 24.3 Å². The minimum absolute atomic E-state index is 0.173. The summed E-state index contributed by atoms with van der Waals surface area (Å²) in [6.07, 6.45) is -4.36. The number of alkyl halides is 3. The van der Waals surface area contributed by atoms with Gasteiger partial charge in [-0.15, -0.1) is 0 Å². The Labute approximate surface area is 183 Å². The number of hydrogen-bond donors (Lipinski definition) is 1. The lowest BCUT2D eigenvalue weighted by Crippen LogP contribution is -2.30. The molecular weight excluding hydrogens is 419 g/mol. The molecule has 0 atom stereocenters. The first kappa shape index (κ1) is 21.4. The second kappa shape index (κ2) is 8.74. The van der Waals surface area contributed by atoms with E-state index in [0.29, 0.717) is 29.4 Å². The highest BCUT2D eigenvalue weighted by atomic mass is 19.4. The lowest BCUT2D eigenvalue weighted by Gasteiger charge is -2.12. The van der Waals surface area contributed by atoms with Gasteiger partial charge in [-0.05, 0) is 59.2 Å². The smallest absolute Gasteiger partial charge is 0.416 e. The number of nitrogens with one attached hydrogen (secondary N) is 1. The molecular formula is C24H20F3N3O2. The van der Waals surface area contributed by atoms with Crippen molar-refractivity contribution in [3.05, 3.63) is 89.5 Å². The van der Waals surface area contributed by atoms with Gasteiger partial charge in [-0.25, -0.2) is 0 Å². The van der Waals surface area contributed by atoms with Crippen LogP contribution in [0.3, 0.4) is 0 Å². The molecule has 5 nitrogen and oxygen atoms in total. The van der Waals surface area contributed by atoms with Gasteiger partial charge >= 0.3 is 6.18 Å². The predicted molar refractivity (Wildman–Crippen MR) is 115 cm³/mol. The van der Waals surface area contributed by atoms with Gasteiger partial charge in [-0.1, -0.05) is 30.3 Å². The molecule has 0 amide bonds. The number of nitrogens with zero attached hydrogens (tertiary/aromatic N) is 2. The predicted octanol–water partition coefficient (Wildman–Crippen LogP) is 4.94. The average Bonchev–Trinajstić information content (AvgIpc) is 3.23. The zero-order valence-corrected chi connectivity index (χ0v) is 17.2. The number of halogens is 3. The van der Waals surface area contributed by atoms with E-state index < -0.39 is 11.7 Å². The molecule has 32 heavy (non-hydrogen) atoms. The molecule has 164 valence electrons. The number of carbonyl (C=O) groups is 1. The van der Waals surface area contributed by atoms with Crippen molar-refractivity contribution in [2.45, 2.75) is 12.8 Å². The number of likely N-dealkylation sites (N-methyl/N-ethyl adjacent to an activating group) is 1. The molecule has 0 spiro atoms. The summed E-state index contributed by atoms with van der Waals surface area (Å²) in [5.74, 6) is 0.786. The van der Waals surface area contributed by atoms with E-state index in [1.165, 1.54) is 12.1 Å². The number of carbonyl (C=O) groups excluding carboxylic acids is 1. The van der Waals surface area contributed by atoms with Crippen LogP contribution in [-0.2, 0) is 12.8 Å². The second-order valence-electron chi connectivity index (χ2n) is 7.37. The summed E-state index contributed by atoms with van der Waals surface area (Å²) in [7, 11) is 1.78. The van der Waals surface area contributed by atoms with E-state index >= 15 is 0 Å². The van der Waals surface area contributed by atoms with Crippen molar-refractivity contribution < 1.29 is 22.7 Å². The van der Waals surface area contributed by atoms with Crippen molar-refractivity contribution in [3.63, 3.8) is 0 Å². The van der Waals surface area contributed by atoms with Crippen molar-refractivity contribution in [1.29, 1.82) is 0 Å². The summed E-state index contributed by atoms with van der Waals surface area (Å²) in [6.45, 7) is 0.773. The van der Waals surface area contributed by atoms with Crippen molar-refractivity contribution in [2.24, 2.45) is 5.10 Å². The van der Waals surface area contributed by atoms with Crippen LogP contribution in [0.2, 0.25) is 0 Å². The summed E-state index contributed by atoms with van der Waals surface area (Å²) in [5, 5.41) is 4.00. The maximum absolute atomic E-state index is 12.8. The lowest BCUT2D eigenvalue weighted by molar-refractivity contribution is -0.137. The maximum atomic E-state index is 12.8. The Bertz CT molecular complexity index is 1140. The van der Waals surface area contributed by atoms with E-state index in [9.17, 15) is 18.0 Å². The molecule has 0 aliphatic carbocycles. The lowest BCUT2D eigenvalue weighted by atomic mass is 10.0. The summed E-state index contributed by atoms with van der Waals surface area (Å²) >= 11 is 0. The van der Waals surface area contributed by atoms with Gasteiger partial charge in [0.1, 0.15) is 19.0 Å². The number of amidine groups is 1. The fraction of sp³-hybridized carbons (Fsp3) is 0.167. The summed E-state index contributed by atoms with van der Waals surface area (Å²) < 4.78 is 44.1. The topological polar surface area (TPSA) is 53.9 Å². The molecule has 0 aromatic heterocycles. The number of ether oxygens (including phenoxy) is 1. The highest BCUT2D eigenvalue weighted by Gasteiger charge is 2.30. The molecule has 0 bridgehead atoms. The monoisotopic (exact) mass is 439 g/mol. The third-order valence-corrected chi connectivity index (χ3v) is 5.05. The summed E-state index contributed by atoms with van der Waals surface area (Å²) in [5.41, 5.74) is 4.97. The van der Waals surface area contributed by atoms with Crippen LogP contribution in [0.1, 0.15) is 21.5 Å². The third kappa shape index (κ3) is 4.74. The fourth-order valence-corrected chi connectivity index (χ4v) is 3.29. The van der Waals surface area contributed by atoms with Crippen LogP contribution in [0, 0.1) is 0 Å². The molecule has 0 saturated heterocycles. The SMILES string of the molecule is CN1CNN=C1C(=O)c1ccc(OCc2cccc(-c3ccc(C(F)(F)F)cc3)c2)cc1. The van der Waals surface area contributed by atoms with Crippen LogP contribution < -0.4 is 10.2 Å². The van der Waals surface area contributed by atoms with Gasteiger partial charge in [0.05, 0.1) is 5.56 Å². The molecule has 3 aromatic rings. The van der Waals surface area contributed by atoms with Crippen LogP contribution in [0.25, 0.3) is 11.1 Å². The van der Waals surface area contributed by atoms with Crippen LogP contribution in [0.15, 0.2) is 77.9 Å². The first-order chi connectivity index (χ1) is 15.3. The minimum Gasteiger partial charge on any atom is -0.489 e. The van der Waals surface area contributed by atoms with E-state index in [2.05, 4.69) is 10.5 Å². The van der Waals surface area contributed by atoms with Gasteiger partial charge in [0, 0.05) is 12.6 Å². The largest absolute Gasteiger partial charge is 0.489 e.